The number of aryl methyl sites for hydroxylation is 2. The van der Waals surface area contributed by atoms with Crippen molar-refractivity contribution in [1.82, 2.24) is 9.38 Å². The van der Waals surface area contributed by atoms with E-state index < -0.39 is 0 Å². The fourth-order valence-electron chi connectivity index (χ4n) is 5.18. The van der Waals surface area contributed by atoms with Gasteiger partial charge >= 0.3 is 0 Å². The molecule has 2 heterocycles. The Labute approximate surface area is 163 Å². The predicted molar refractivity (Wildman–Crippen MR) is 116 cm³/mol. The molecule has 136 valence electrons. The molecular weight excluding hydrogens is 362 g/mol. The molecule has 4 aromatic carbocycles. The summed E-state index contributed by atoms with van der Waals surface area (Å²) >= 11 is 0. The molecule has 0 aliphatic heterocycles. The smallest absolute Gasteiger partial charge is 0.264 e. The highest BCUT2D eigenvalue weighted by molar-refractivity contribution is 6.18. The van der Waals surface area contributed by atoms with Gasteiger partial charge in [0.15, 0.2) is 0 Å². The van der Waals surface area contributed by atoms with E-state index in [9.17, 15) is 9.70 Å². The molecule has 0 spiro atoms. The van der Waals surface area contributed by atoms with Gasteiger partial charge in [-0.3, -0.25) is 9.20 Å². The first kappa shape index (κ1) is 15.1. The van der Waals surface area contributed by atoms with E-state index in [4.69, 9.17) is 4.98 Å². The minimum atomic E-state index is -0.165. The Bertz CT molecular complexity index is 1740. The first-order chi connectivity index (χ1) is 14.2. The molecule has 6 aromatic rings. The Balaban J connectivity index is 1.86. The van der Waals surface area contributed by atoms with Crippen molar-refractivity contribution < 1.29 is 0 Å². The molecule has 0 atom stereocenters. The minimum absolute atomic E-state index is 0.165. The summed E-state index contributed by atoms with van der Waals surface area (Å²) < 4.78 is 1.71. The molecule has 2 aromatic heterocycles. The standard InChI is InChI=1S/C24H13N3O2/c28-24-17-11-15(26-29)10-14-2-1-3-16(21(14)17)23-25-18-8-6-12-4-5-13-7-9-19(27(23)24)22(18)20(12)13/h1-3,6-11H,4-5H2. The fraction of sp³-hybridized carbons (Fsp3) is 0.0833. The van der Waals surface area contributed by atoms with E-state index in [1.165, 1.54) is 16.5 Å². The van der Waals surface area contributed by atoms with E-state index >= 15 is 0 Å². The number of nitroso groups, excluding NO2 is 1. The quantitative estimate of drug-likeness (QED) is 0.224. The molecule has 0 N–H and O–H groups in total. The van der Waals surface area contributed by atoms with Gasteiger partial charge < -0.3 is 0 Å². The molecule has 7 rings (SSSR count). The summed E-state index contributed by atoms with van der Waals surface area (Å²) in [5.74, 6) is 0. The number of rotatable bonds is 1. The van der Waals surface area contributed by atoms with Crippen LogP contribution in [0.25, 0.3) is 49.0 Å². The zero-order valence-electron chi connectivity index (χ0n) is 15.3. The molecule has 0 saturated carbocycles. The summed E-state index contributed by atoms with van der Waals surface area (Å²) in [6.07, 6.45) is 2.05. The highest BCUT2D eigenvalue weighted by atomic mass is 16.3. The maximum Gasteiger partial charge on any atom is 0.264 e. The third-order valence-electron chi connectivity index (χ3n) is 6.37. The van der Waals surface area contributed by atoms with Gasteiger partial charge in [-0.25, -0.2) is 4.98 Å². The molecule has 1 aliphatic rings. The normalized spacial score (nSPS) is 13.5. The van der Waals surface area contributed by atoms with Crippen LogP contribution in [0.1, 0.15) is 11.1 Å². The Morgan fingerprint density at radius 2 is 1.69 bits per heavy atom. The molecule has 0 unspecified atom stereocenters. The lowest BCUT2D eigenvalue weighted by Gasteiger charge is -2.15. The third kappa shape index (κ3) is 1.71. The number of aromatic nitrogens is 2. The van der Waals surface area contributed by atoms with Crippen LogP contribution in [0.4, 0.5) is 5.69 Å². The van der Waals surface area contributed by atoms with Gasteiger partial charge in [-0.05, 0) is 64.2 Å². The zero-order chi connectivity index (χ0) is 19.3. The molecule has 1 aliphatic carbocycles. The monoisotopic (exact) mass is 375 g/mol. The van der Waals surface area contributed by atoms with Crippen molar-refractivity contribution in [2.45, 2.75) is 12.8 Å². The summed E-state index contributed by atoms with van der Waals surface area (Å²) in [7, 11) is 0. The van der Waals surface area contributed by atoms with E-state index in [1.54, 1.807) is 16.5 Å². The highest BCUT2D eigenvalue weighted by Crippen LogP contribution is 2.38. The number of pyridine rings is 1. The maximum atomic E-state index is 13.6. The molecule has 0 saturated heterocycles. The van der Waals surface area contributed by atoms with Crippen LogP contribution in [-0.4, -0.2) is 9.38 Å². The SMILES string of the molecule is O=Nc1cc2cccc3c2c(c1)c(=O)n1c2ccc4c5c(ccc(nc31)c52)CC4. The van der Waals surface area contributed by atoms with E-state index in [-0.39, 0.29) is 11.2 Å². The number of benzene rings is 4. The number of fused-ring (bicyclic) bond motifs is 3. The lowest BCUT2D eigenvalue weighted by Crippen LogP contribution is -2.16. The molecule has 5 heteroatoms. The topological polar surface area (TPSA) is 63.8 Å². The van der Waals surface area contributed by atoms with Crippen LogP contribution in [0.3, 0.4) is 0 Å². The zero-order valence-corrected chi connectivity index (χ0v) is 15.3. The number of hydrogen-bond donors (Lipinski definition) is 0. The minimum Gasteiger partial charge on any atom is -0.268 e. The molecule has 0 amide bonds. The van der Waals surface area contributed by atoms with Crippen LogP contribution in [0, 0.1) is 4.91 Å². The summed E-state index contributed by atoms with van der Waals surface area (Å²) in [4.78, 5) is 29.8. The van der Waals surface area contributed by atoms with Crippen molar-refractivity contribution in [3.63, 3.8) is 0 Å². The van der Waals surface area contributed by atoms with E-state index in [2.05, 4.69) is 23.4 Å². The van der Waals surface area contributed by atoms with Gasteiger partial charge in [0.1, 0.15) is 11.3 Å². The van der Waals surface area contributed by atoms with Crippen LogP contribution in [0.15, 0.2) is 64.6 Å². The summed E-state index contributed by atoms with van der Waals surface area (Å²) in [5, 5.41) is 8.42. The second kappa shape index (κ2) is 4.94. The second-order valence-corrected chi connectivity index (χ2v) is 7.80. The Morgan fingerprint density at radius 1 is 0.862 bits per heavy atom. The van der Waals surface area contributed by atoms with Crippen LogP contribution in [0.2, 0.25) is 0 Å². The van der Waals surface area contributed by atoms with Gasteiger partial charge in [-0.15, -0.1) is 4.91 Å². The van der Waals surface area contributed by atoms with E-state index in [0.717, 1.165) is 45.4 Å². The van der Waals surface area contributed by atoms with Gasteiger partial charge in [-0.1, -0.05) is 30.3 Å². The Kier molecular flexibility index (Phi) is 2.57. The van der Waals surface area contributed by atoms with Crippen LogP contribution >= 0.6 is 0 Å². The molecule has 5 nitrogen and oxygen atoms in total. The van der Waals surface area contributed by atoms with Crippen molar-refractivity contribution in [1.29, 1.82) is 0 Å². The molecule has 0 radical (unpaired) electrons. The second-order valence-electron chi connectivity index (χ2n) is 7.80. The Hall–Kier alpha value is -3.86. The van der Waals surface area contributed by atoms with Gasteiger partial charge in [-0.2, -0.15) is 0 Å². The average molecular weight is 375 g/mol. The Morgan fingerprint density at radius 3 is 2.52 bits per heavy atom. The lowest BCUT2D eigenvalue weighted by molar-refractivity contribution is 1.02. The van der Waals surface area contributed by atoms with Gasteiger partial charge in [0.2, 0.25) is 0 Å². The molecule has 29 heavy (non-hydrogen) atoms. The van der Waals surface area contributed by atoms with Crippen molar-refractivity contribution in [3.05, 3.63) is 81.0 Å². The summed E-state index contributed by atoms with van der Waals surface area (Å²) in [5.41, 5.74) is 5.15. The molecular formula is C24H13N3O2. The fourth-order valence-corrected chi connectivity index (χ4v) is 5.18. The predicted octanol–water partition coefficient (Wildman–Crippen LogP) is 5.24. The van der Waals surface area contributed by atoms with E-state index in [0.29, 0.717) is 11.0 Å². The van der Waals surface area contributed by atoms with Gasteiger partial charge in [0, 0.05) is 16.2 Å². The first-order valence-corrected chi connectivity index (χ1v) is 9.66. The van der Waals surface area contributed by atoms with Crippen LogP contribution in [-0.2, 0) is 12.8 Å². The highest BCUT2D eigenvalue weighted by Gasteiger charge is 2.21. The largest absolute Gasteiger partial charge is 0.268 e. The van der Waals surface area contributed by atoms with Crippen LogP contribution < -0.4 is 5.56 Å². The van der Waals surface area contributed by atoms with Crippen LogP contribution in [0.5, 0.6) is 0 Å². The lowest BCUT2D eigenvalue weighted by atomic mass is 9.99. The van der Waals surface area contributed by atoms with Crippen molar-refractivity contribution in [3.8, 4) is 0 Å². The van der Waals surface area contributed by atoms with Gasteiger partial charge in [0.25, 0.3) is 5.56 Å². The van der Waals surface area contributed by atoms with Crippen molar-refractivity contribution in [2.75, 3.05) is 0 Å². The first-order valence-electron chi connectivity index (χ1n) is 9.66. The maximum absolute atomic E-state index is 13.6. The summed E-state index contributed by atoms with van der Waals surface area (Å²) in [6, 6.07) is 17.5. The third-order valence-corrected chi connectivity index (χ3v) is 6.37. The average Bonchev–Trinajstić information content (AvgIpc) is 3.19. The van der Waals surface area contributed by atoms with Crippen molar-refractivity contribution in [2.24, 2.45) is 5.18 Å². The molecule has 0 fully saturated rings. The van der Waals surface area contributed by atoms with E-state index in [1.807, 2.05) is 24.3 Å². The number of hydrogen-bond acceptors (Lipinski definition) is 4. The van der Waals surface area contributed by atoms with Gasteiger partial charge in [0.05, 0.1) is 16.4 Å². The number of nitrogens with zero attached hydrogens (tertiary/aromatic N) is 3. The van der Waals surface area contributed by atoms with Crippen molar-refractivity contribution >= 4 is 54.7 Å². The molecule has 0 bridgehead atoms. The summed E-state index contributed by atoms with van der Waals surface area (Å²) in [6.45, 7) is 0.